The van der Waals surface area contributed by atoms with Gasteiger partial charge >= 0.3 is 5.97 Å². The fourth-order valence-electron chi connectivity index (χ4n) is 2.40. The van der Waals surface area contributed by atoms with Crippen molar-refractivity contribution in [3.63, 3.8) is 0 Å². The van der Waals surface area contributed by atoms with Crippen LogP contribution in [0.2, 0.25) is 5.15 Å². The number of aromatic nitrogens is 1. The monoisotopic (exact) mass is 300 g/mol. The van der Waals surface area contributed by atoms with Crippen LogP contribution in [0.3, 0.4) is 0 Å². The third-order valence-electron chi connectivity index (χ3n) is 3.34. The summed E-state index contributed by atoms with van der Waals surface area (Å²) in [6, 6.07) is 1.58. The van der Waals surface area contributed by atoms with Crippen LogP contribution in [-0.4, -0.2) is 29.8 Å². The van der Waals surface area contributed by atoms with Gasteiger partial charge in [-0.15, -0.1) is 0 Å². The minimum atomic E-state index is -0.787. The number of hydrogen-bond donors (Lipinski definition) is 1. The second kappa shape index (κ2) is 6.88. The SMILES string of the molecule is CCOC(=O)c1cnc(Cl)cc1NC1CCC[C@H](F)C1. The molecule has 0 aliphatic heterocycles. The normalized spacial score (nSPS) is 22.4. The average molecular weight is 301 g/mol. The first-order valence-corrected chi connectivity index (χ1v) is 7.21. The first-order chi connectivity index (χ1) is 9.60. The molecule has 1 unspecified atom stereocenters. The van der Waals surface area contributed by atoms with E-state index < -0.39 is 12.1 Å². The topological polar surface area (TPSA) is 51.2 Å². The molecule has 20 heavy (non-hydrogen) atoms. The van der Waals surface area contributed by atoms with Gasteiger partial charge in [0.25, 0.3) is 0 Å². The number of nitrogens with zero attached hydrogens (tertiary/aromatic N) is 1. The summed E-state index contributed by atoms with van der Waals surface area (Å²) in [6.07, 6.45) is 3.37. The van der Waals surface area contributed by atoms with Crippen LogP contribution in [0, 0.1) is 0 Å². The molecule has 110 valence electrons. The molecule has 2 atom stereocenters. The third-order valence-corrected chi connectivity index (χ3v) is 3.54. The van der Waals surface area contributed by atoms with Gasteiger partial charge in [-0.3, -0.25) is 0 Å². The smallest absolute Gasteiger partial charge is 0.341 e. The van der Waals surface area contributed by atoms with Crippen molar-refractivity contribution in [2.45, 2.75) is 44.8 Å². The molecular weight excluding hydrogens is 283 g/mol. The number of carbonyl (C=O) groups excluding carboxylic acids is 1. The Morgan fingerprint density at radius 2 is 2.40 bits per heavy atom. The van der Waals surface area contributed by atoms with Crippen LogP contribution in [-0.2, 0) is 4.74 Å². The maximum absolute atomic E-state index is 13.4. The molecule has 0 amide bonds. The van der Waals surface area contributed by atoms with Gasteiger partial charge in [0, 0.05) is 12.2 Å². The van der Waals surface area contributed by atoms with E-state index in [-0.39, 0.29) is 17.8 Å². The highest BCUT2D eigenvalue weighted by Gasteiger charge is 2.23. The summed E-state index contributed by atoms with van der Waals surface area (Å²) in [4.78, 5) is 15.8. The number of carbonyl (C=O) groups is 1. The van der Waals surface area contributed by atoms with Crippen LogP contribution in [0.1, 0.15) is 43.0 Å². The summed E-state index contributed by atoms with van der Waals surface area (Å²) in [7, 11) is 0. The van der Waals surface area contributed by atoms with Gasteiger partial charge in [-0.25, -0.2) is 14.2 Å². The van der Waals surface area contributed by atoms with Crippen LogP contribution < -0.4 is 5.32 Å². The molecule has 4 nitrogen and oxygen atoms in total. The highest BCUT2D eigenvalue weighted by molar-refractivity contribution is 6.29. The maximum Gasteiger partial charge on any atom is 0.341 e. The third kappa shape index (κ3) is 3.82. The molecule has 2 rings (SSSR count). The first kappa shape index (κ1) is 15.0. The standard InChI is InChI=1S/C14H18ClFN2O2/c1-2-20-14(19)11-8-17-13(15)7-12(11)18-10-5-3-4-9(16)6-10/h7-10H,2-6H2,1H3,(H,17,18)/t9-,10?/m0/s1. The van der Waals surface area contributed by atoms with E-state index in [4.69, 9.17) is 16.3 Å². The summed E-state index contributed by atoms with van der Waals surface area (Å²) in [5, 5.41) is 3.48. The highest BCUT2D eigenvalue weighted by atomic mass is 35.5. The lowest BCUT2D eigenvalue weighted by molar-refractivity contribution is 0.0527. The minimum absolute atomic E-state index is 0.00499. The van der Waals surface area contributed by atoms with Gasteiger partial charge in [-0.05, 0) is 38.7 Å². The molecule has 0 saturated heterocycles. The van der Waals surface area contributed by atoms with Crippen molar-refractivity contribution in [2.24, 2.45) is 0 Å². The molecule has 1 saturated carbocycles. The van der Waals surface area contributed by atoms with E-state index in [1.54, 1.807) is 13.0 Å². The van der Waals surface area contributed by atoms with E-state index in [2.05, 4.69) is 10.3 Å². The predicted octanol–water partition coefficient (Wildman–Crippen LogP) is 3.60. The number of rotatable bonds is 4. The van der Waals surface area contributed by atoms with E-state index in [0.717, 1.165) is 12.8 Å². The zero-order chi connectivity index (χ0) is 14.5. The molecule has 0 aromatic carbocycles. The number of ether oxygens (including phenoxy) is 1. The predicted molar refractivity (Wildman–Crippen MR) is 76.0 cm³/mol. The van der Waals surface area contributed by atoms with Crippen LogP contribution in [0.15, 0.2) is 12.3 Å². The van der Waals surface area contributed by atoms with Gasteiger partial charge in [-0.1, -0.05) is 11.6 Å². The Bertz CT molecular complexity index is 484. The van der Waals surface area contributed by atoms with Gasteiger partial charge in [0.2, 0.25) is 0 Å². The molecule has 0 spiro atoms. The van der Waals surface area contributed by atoms with Crippen molar-refractivity contribution in [2.75, 3.05) is 11.9 Å². The number of nitrogens with one attached hydrogen (secondary N) is 1. The van der Waals surface area contributed by atoms with Gasteiger partial charge < -0.3 is 10.1 Å². The van der Waals surface area contributed by atoms with E-state index in [1.165, 1.54) is 6.20 Å². The maximum atomic E-state index is 13.4. The highest BCUT2D eigenvalue weighted by Crippen LogP contribution is 2.27. The van der Waals surface area contributed by atoms with Crippen LogP contribution in [0.25, 0.3) is 0 Å². The lowest BCUT2D eigenvalue weighted by atomic mass is 9.93. The van der Waals surface area contributed by atoms with Crippen molar-refractivity contribution in [3.8, 4) is 0 Å². The van der Waals surface area contributed by atoms with E-state index in [9.17, 15) is 9.18 Å². The lowest BCUT2D eigenvalue weighted by Gasteiger charge is -2.27. The Labute approximate surface area is 122 Å². The van der Waals surface area contributed by atoms with Gasteiger partial charge in [-0.2, -0.15) is 0 Å². The molecule has 1 aliphatic carbocycles. The van der Waals surface area contributed by atoms with Crippen molar-refractivity contribution >= 4 is 23.3 Å². The molecular formula is C14H18ClFN2O2. The zero-order valence-corrected chi connectivity index (χ0v) is 12.1. The van der Waals surface area contributed by atoms with Crippen molar-refractivity contribution in [1.82, 2.24) is 4.98 Å². The summed E-state index contributed by atoms with van der Waals surface area (Å²) < 4.78 is 18.4. The van der Waals surface area contributed by atoms with E-state index in [1.807, 2.05) is 0 Å². The quantitative estimate of drug-likeness (QED) is 0.682. The Morgan fingerprint density at radius 1 is 1.60 bits per heavy atom. The molecule has 1 fully saturated rings. The number of alkyl halides is 1. The fraction of sp³-hybridized carbons (Fsp3) is 0.571. The second-order valence-corrected chi connectivity index (χ2v) is 5.27. The average Bonchev–Trinajstić information content (AvgIpc) is 2.39. The Hall–Kier alpha value is -1.36. The zero-order valence-electron chi connectivity index (χ0n) is 11.4. The molecule has 1 aliphatic rings. The van der Waals surface area contributed by atoms with Crippen molar-refractivity contribution in [1.29, 1.82) is 0 Å². The van der Waals surface area contributed by atoms with Crippen molar-refractivity contribution < 1.29 is 13.9 Å². The van der Waals surface area contributed by atoms with Gasteiger partial charge in [0.05, 0.1) is 12.3 Å². The molecule has 1 heterocycles. The van der Waals surface area contributed by atoms with Gasteiger partial charge in [0.15, 0.2) is 0 Å². The number of halogens is 2. The second-order valence-electron chi connectivity index (χ2n) is 4.88. The summed E-state index contributed by atoms with van der Waals surface area (Å²) in [5.74, 6) is -0.452. The number of pyridine rings is 1. The summed E-state index contributed by atoms with van der Waals surface area (Å²) in [5.41, 5.74) is 0.889. The molecule has 1 aromatic rings. The largest absolute Gasteiger partial charge is 0.462 e. The van der Waals surface area contributed by atoms with E-state index in [0.29, 0.717) is 24.1 Å². The molecule has 6 heteroatoms. The Kier molecular flexibility index (Phi) is 5.17. The Morgan fingerprint density at radius 3 is 3.10 bits per heavy atom. The van der Waals surface area contributed by atoms with Gasteiger partial charge in [0.1, 0.15) is 16.9 Å². The van der Waals surface area contributed by atoms with Crippen LogP contribution in [0.4, 0.5) is 10.1 Å². The molecule has 1 aromatic heterocycles. The minimum Gasteiger partial charge on any atom is -0.462 e. The van der Waals surface area contributed by atoms with Crippen molar-refractivity contribution in [3.05, 3.63) is 23.0 Å². The van der Waals surface area contributed by atoms with E-state index >= 15 is 0 Å². The molecule has 1 N–H and O–H groups in total. The number of hydrogen-bond acceptors (Lipinski definition) is 4. The summed E-state index contributed by atoms with van der Waals surface area (Å²) in [6.45, 7) is 2.03. The molecule has 0 bridgehead atoms. The Balaban J connectivity index is 2.16. The van der Waals surface area contributed by atoms with Crippen LogP contribution >= 0.6 is 11.6 Å². The lowest BCUT2D eigenvalue weighted by Crippen LogP contribution is -2.29. The summed E-state index contributed by atoms with van der Waals surface area (Å²) >= 11 is 5.87. The fourth-order valence-corrected chi connectivity index (χ4v) is 2.56. The molecule has 0 radical (unpaired) electrons. The van der Waals surface area contributed by atoms with Crippen LogP contribution in [0.5, 0.6) is 0 Å². The first-order valence-electron chi connectivity index (χ1n) is 6.83. The number of esters is 1. The number of anilines is 1.